The SMILES string of the molecule is C#Cc1ccccn1.CCC(OC)C(=O)O.CCC(OC)c1nc(-c2ccc(Br)cn2)no1.CCC(OC)c1nc(-c2ccc(C#Cc3ccccn3)nc2)no1.N/C(=N\O)c1ccc(Br)nc1.[C-]#[N+]c1ccc(Br)nc1. The number of nitrogens with zero attached hydrogens (tertiary/aromatic N) is 12. The van der Waals surface area contributed by atoms with E-state index in [0.717, 1.165) is 27.5 Å². The molecule has 0 aliphatic carbocycles. The van der Waals surface area contributed by atoms with E-state index in [4.69, 9.17) is 47.6 Å². The number of carbonyl (C=O) groups is 1. The number of amidine groups is 1. The molecule has 398 valence electrons. The average molecular weight is 1240 g/mol. The lowest BCUT2D eigenvalue weighted by Gasteiger charge is -2.05. The Hall–Kier alpha value is -8.15. The van der Waals surface area contributed by atoms with Crippen molar-refractivity contribution in [3.05, 3.63) is 182 Å². The maximum absolute atomic E-state index is 10.0. The number of aliphatic carboxylic acids is 1. The minimum absolute atomic E-state index is 0.0602. The molecule has 0 aliphatic heterocycles. The van der Waals surface area contributed by atoms with Crippen molar-refractivity contribution in [2.75, 3.05) is 21.3 Å². The van der Waals surface area contributed by atoms with E-state index < -0.39 is 12.1 Å². The number of hydrogen-bond donors (Lipinski definition) is 3. The molecule has 0 saturated heterocycles. The van der Waals surface area contributed by atoms with Crippen molar-refractivity contribution in [2.24, 2.45) is 10.9 Å². The van der Waals surface area contributed by atoms with Gasteiger partial charge in [-0.2, -0.15) is 9.97 Å². The molecular formula is C53H52Br3N13O8. The Morgan fingerprint density at radius 2 is 1.29 bits per heavy atom. The summed E-state index contributed by atoms with van der Waals surface area (Å²) in [5.74, 6) is 9.43. The van der Waals surface area contributed by atoms with Crippen molar-refractivity contribution in [3.8, 4) is 47.1 Å². The standard InChI is InChI=1S/C18H16N4O2.C11H12BrN3O2.C7H5N.C6H6BrN3O.C6H3BrN2.C5H10O3/c1-3-16(23-2)18-21-17(22-24-18)13-7-8-15(20-12-13)10-9-14-6-4-5-11-19-14;1-3-9(16-2)11-14-10(15-17-11)8-5-4-7(12)6-13-8;1-2-7-5-3-4-6-8-7;7-5-2-1-4(3-9-5)6(8)10-11;1-8-5-2-3-6(7)9-4-5;1-3-4(8-2)5(6)7/h4-8,11-12,16H,3H2,1-2H3;4-6,9H,3H2,1-2H3;1,3-6H;1-3,11H,(H2,8,10);2-4H;4H,3H2,1-2H3,(H,6,7). The molecule has 8 aromatic rings. The molecule has 0 aromatic carbocycles. The van der Waals surface area contributed by atoms with Gasteiger partial charge in [0.05, 0.1) is 6.57 Å². The molecular weight excluding hydrogens is 1190 g/mol. The molecule has 8 rings (SSSR count). The smallest absolute Gasteiger partial charge is 0.332 e. The van der Waals surface area contributed by atoms with Crippen LogP contribution in [0.5, 0.6) is 0 Å². The quantitative estimate of drug-likeness (QED) is 0.0195. The number of carboxylic acid groups (broad SMARTS) is 1. The molecule has 24 heteroatoms. The molecule has 77 heavy (non-hydrogen) atoms. The predicted molar refractivity (Wildman–Crippen MR) is 297 cm³/mol. The van der Waals surface area contributed by atoms with Gasteiger partial charge in [0.25, 0.3) is 11.8 Å². The second kappa shape index (κ2) is 35.9. The molecule has 0 amide bonds. The third kappa shape index (κ3) is 23.1. The first-order chi connectivity index (χ1) is 37.2. The average Bonchev–Trinajstić information content (AvgIpc) is 4.17. The van der Waals surface area contributed by atoms with Gasteiger partial charge in [-0.25, -0.2) is 29.6 Å². The number of nitrogens with two attached hydrogens (primary N) is 1. The summed E-state index contributed by atoms with van der Waals surface area (Å²) in [4.78, 5) is 46.1. The zero-order valence-corrected chi connectivity index (χ0v) is 47.2. The van der Waals surface area contributed by atoms with Crippen LogP contribution in [0, 0.1) is 30.8 Å². The topological polar surface area (TPSA) is 283 Å². The Morgan fingerprint density at radius 3 is 1.69 bits per heavy atom. The van der Waals surface area contributed by atoms with Crippen molar-refractivity contribution in [1.82, 2.24) is 50.2 Å². The van der Waals surface area contributed by atoms with Crippen LogP contribution < -0.4 is 5.73 Å². The summed E-state index contributed by atoms with van der Waals surface area (Å²) < 4.78 is 27.9. The molecule has 3 unspecified atom stereocenters. The molecule has 0 fully saturated rings. The molecule has 3 atom stereocenters. The van der Waals surface area contributed by atoms with Gasteiger partial charge < -0.3 is 39.3 Å². The Kier molecular flexibility index (Phi) is 29.5. The number of carboxylic acids is 1. The lowest BCUT2D eigenvalue weighted by molar-refractivity contribution is -0.148. The van der Waals surface area contributed by atoms with E-state index in [1.807, 2.05) is 68.4 Å². The third-order valence-electron chi connectivity index (χ3n) is 9.42. The number of oxime groups is 1. The number of halogens is 3. The van der Waals surface area contributed by atoms with Crippen molar-refractivity contribution in [1.29, 1.82) is 0 Å². The van der Waals surface area contributed by atoms with Gasteiger partial charge in [-0.1, -0.05) is 60.4 Å². The second-order valence-corrected chi connectivity index (χ2v) is 17.1. The van der Waals surface area contributed by atoms with Crippen LogP contribution in [0.2, 0.25) is 0 Å². The van der Waals surface area contributed by atoms with Gasteiger partial charge in [0.15, 0.2) is 11.9 Å². The maximum atomic E-state index is 10.0. The highest BCUT2D eigenvalue weighted by atomic mass is 79.9. The number of pyridine rings is 6. The lowest BCUT2D eigenvalue weighted by Crippen LogP contribution is -2.20. The summed E-state index contributed by atoms with van der Waals surface area (Å²) >= 11 is 9.64. The summed E-state index contributed by atoms with van der Waals surface area (Å²) in [5, 5.41) is 27.2. The van der Waals surface area contributed by atoms with Crippen LogP contribution in [-0.2, 0) is 19.0 Å². The molecule has 8 aromatic heterocycles. The molecule has 21 nitrogen and oxygen atoms in total. The summed E-state index contributed by atoms with van der Waals surface area (Å²) in [6.07, 6.45) is 15.9. The van der Waals surface area contributed by atoms with Crippen LogP contribution in [0.4, 0.5) is 5.69 Å². The van der Waals surface area contributed by atoms with Crippen LogP contribution in [0.25, 0.3) is 27.8 Å². The normalized spacial score (nSPS) is 11.2. The van der Waals surface area contributed by atoms with Gasteiger partial charge in [-0.15, -0.1) is 6.42 Å². The Morgan fingerprint density at radius 1 is 0.701 bits per heavy atom. The lowest BCUT2D eigenvalue weighted by atomic mass is 10.2. The molecule has 0 bridgehead atoms. The molecule has 0 aliphatic rings. The zero-order valence-electron chi connectivity index (χ0n) is 42.4. The fourth-order valence-electron chi connectivity index (χ4n) is 5.42. The maximum Gasteiger partial charge on any atom is 0.332 e. The number of hydrogen-bond acceptors (Lipinski definition) is 18. The molecule has 8 heterocycles. The summed E-state index contributed by atoms with van der Waals surface area (Å²) in [6.45, 7) is 12.3. The second-order valence-electron chi connectivity index (χ2n) is 14.6. The highest BCUT2D eigenvalue weighted by Crippen LogP contribution is 2.23. The third-order valence-corrected chi connectivity index (χ3v) is 10.8. The van der Waals surface area contributed by atoms with E-state index in [2.05, 4.69) is 130 Å². The van der Waals surface area contributed by atoms with Crippen molar-refractivity contribution in [3.63, 3.8) is 0 Å². The first kappa shape index (κ1) is 63.1. The van der Waals surface area contributed by atoms with Crippen LogP contribution in [0.1, 0.15) is 86.7 Å². The summed E-state index contributed by atoms with van der Waals surface area (Å²) in [5.41, 5.74) is 9.93. The Bertz CT molecular complexity index is 3120. The first-order valence-electron chi connectivity index (χ1n) is 22.7. The number of terminal acetylenes is 1. The number of rotatable bonds is 12. The van der Waals surface area contributed by atoms with Gasteiger partial charge in [0.1, 0.15) is 44.2 Å². The van der Waals surface area contributed by atoms with Gasteiger partial charge >= 0.3 is 5.97 Å². The van der Waals surface area contributed by atoms with Gasteiger partial charge in [-0.05, 0) is 146 Å². The van der Waals surface area contributed by atoms with Gasteiger partial charge in [0.2, 0.25) is 17.3 Å². The molecule has 4 N–H and O–H groups in total. The zero-order chi connectivity index (χ0) is 56.4. The van der Waals surface area contributed by atoms with E-state index in [-0.39, 0.29) is 18.0 Å². The number of ether oxygens (including phenoxy) is 3. The van der Waals surface area contributed by atoms with Crippen molar-refractivity contribution in [2.45, 2.75) is 58.3 Å². The highest BCUT2D eigenvalue weighted by Gasteiger charge is 2.19. The van der Waals surface area contributed by atoms with Gasteiger partial charge in [0, 0.05) is 74.1 Å². The molecule has 0 spiro atoms. The van der Waals surface area contributed by atoms with Crippen molar-refractivity contribution >= 4 is 65.3 Å². The number of methoxy groups -OCH3 is 3. The Labute approximate surface area is 470 Å². The summed E-state index contributed by atoms with van der Waals surface area (Å²) in [6, 6.07) is 25.3. The van der Waals surface area contributed by atoms with Gasteiger partial charge in [-0.3, -0.25) is 9.97 Å². The fraction of sp³-hybridized carbons (Fsp3) is 0.226. The largest absolute Gasteiger partial charge is 0.479 e. The van der Waals surface area contributed by atoms with Crippen molar-refractivity contribution < 1.29 is 38.4 Å². The van der Waals surface area contributed by atoms with Crippen LogP contribution >= 0.6 is 47.8 Å². The fourth-order valence-corrected chi connectivity index (χ4v) is 6.12. The van der Waals surface area contributed by atoms with E-state index in [9.17, 15) is 4.79 Å². The first-order valence-corrected chi connectivity index (χ1v) is 25.1. The molecule has 0 radical (unpaired) electrons. The Balaban J connectivity index is 0.000000258. The summed E-state index contributed by atoms with van der Waals surface area (Å²) in [7, 11) is 4.63. The number of aromatic nitrogens is 10. The minimum atomic E-state index is -0.894. The van der Waals surface area contributed by atoms with Crippen LogP contribution in [0.15, 0.2) is 150 Å². The molecule has 0 saturated carbocycles. The van der Waals surface area contributed by atoms with E-state index in [1.165, 1.54) is 19.5 Å². The highest BCUT2D eigenvalue weighted by molar-refractivity contribution is 9.11. The minimum Gasteiger partial charge on any atom is -0.479 e. The van der Waals surface area contributed by atoms with Crippen LogP contribution in [-0.4, -0.2) is 99.7 Å². The van der Waals surface area contributed by atoms with E-state index in [1.54, 1.807) is 76.3 Å². The predicted octanol–water partition coefficient (Wildman–Crippen LogP) is 10.9. The van der Waals surface area contributed by atoms with E-state index in [0.29, 0.717) is 68.5 Å². The van der Waals surface area contributed by atoms with E-state index >= 15 is 0 Å². The monoisotopic (exact) mass is 1240 g/mol. The van der Waals surface area contributed by atoms with Crippen LogP contribution in [0.3, 0.4) is 0 Å².